The van der Waals surface area contributed by atoms with Gasteiger partial charge in [0.05, 0.1) is 21.9 Å². The molecule has 0 aliphatic carbocycles. The predicted molar refractivity (Wildman–Crippen MR) is 71.7 cm³/mol. The lowest BCUT2D eigenvalue weighted by Gasteiger charge is -2.08. The molecule has 0 saturated heterocycles. The van der Waals surface area contributed by atoms with E-state index < -0.39 is 0 Å². The van der Waals surface area contributed by atoms with Crippen LogP contribution in [-0.4, -0.2) is 9.78 Å². The highest BCUT2D eigenvalue weighted by molar-refractivity contribution is 6.43. The zero-order valence-electron chi connectivity index (χ0n) is 9.67. The molecule has 17 heavy (non-hydrogen) atoms. The van der Waals surface area contributed by atoms with Crippen molar-refractivity contribution in [3.8, 4) is 0 Å². The van der Waals surface area contributed by atoms with Gasteiger partial charge in [0.15, 0.2) is 0 Å². The van der Waals surface area contributed by atoms with Crippen LogP contribution in [0.2, 0.25) is 10.0 Å². The van der Waals surface area contributed by atoms with Gasteiger partial charge in [-0.2, -0.15) is 5.10 Å². The molecule has 0 aliphatic rings. The monoisotopic (exact) mass is 269 g/mol. The van der Waals surface area contributed by atoms with Crippen LogP contribution in [0, 0.1) is 6.92 Å². The molecule has 0 aliphatic heterocycles. The highest BCUT2D eigenvalue weighted by Gasteiger charge is 2.06. The number of rotatable bonds is 3. The van der Waals surface area contributed by atoms with Gasteiger partial charge in [-0.25, -0.2) is 0 Å². The zero-order valence-corrected chi connectivity index (χ0v) is 11.2. The minimum absolute atomic E-state index is 0.552. The number of hydrogen-bond acceptors (Lipinski definition) is 2. The minimum atomic E-state index is 0.552. The molecule has 0 amide bonds. The van der Waals surface area contributed by atoms with E-state index >= 15 is 0 Å². The number of nitrogens with one attached hydrogen (secondary N) is 1. The van der Waals surface area contributed by atoms with Crippen molar-refractivity contribution in [2.24, 2.45) is 7.05 Å². The molecule has 0 saturated carbocycles. The van der Waals surface area contributed by atoms with Crippen molar-refractivity contribution in [3.05, 3.63) is 45.7 Å². The summed E-state index contributed by atoms with van der Waals surface area (Å²) in [5.41, 5.74) is 3.11. The van der Waals surface area contributed by atoms with Gasteiger partial charge in [0.2, 0.25) is 0 Å². The lowest BCUT2D eigenvalue weighted by molar-refractivity contribution is 0.738. The summed E-state index contributed by atoms with van der Waals surface area (Å²) in [6, 6.07) is 5.54. The lowest BCUT2D eigenvalue weighted by atomic mass is 10.2. The number of halogens is 2. The maximum Gasteiger partial charge on any atom is 0.0823 e. The van der Waals surface area contributed by atoms with Crippen molar-refractivity contribution in [2.75, 3.05) is 5.32 Å². The quantitative estimate of drug-likeness (QED) is 0.922. The van der Waals surface area contributed by atoms with Crippen LogP contribution in [0.5, 0.6) is 0 Å². The number of aromatic nitrogens is 2. The molecule has 0 atom stereocenters. The van der Waals surface area contributed by atoms with Gasteiger partial charge in [-0.15, -0.1) is 0 Å². The van der Waals surface area contributed by atoms with Crippen LogP contribution in [0.25, 0.3) is 0 Å². The molecule has 90 valence electrons. The standard InChI is InChI=1S/C12H13Cl2N3/c1-8-9(7-16-17(8)2)6-15-11-5-3-4-10(13)12(11)14/h3-5,7,15H,6H2,1-2H3. The minimum Gasteiger partial charge on any atom is -0.380 e. The van der Waals surface area contributed by atoms with Crippen LogP contribution >= 0.6 is 23.2 Å². The molecule has 1 aromatic carbocycles. The number of hydrogen-bond donors (Lipinski definition) is 1. The normalized spacial score (nSPS) is 10.6. The maximum absolute atomic E-state index is 6.09. The first-order valence-corrected chi connectivity index (χ1v) is 6.00. The van der Waals surface area contributed by atoms with E-state index in [-0.39, 0.29) is 0 Å². The fraction of sp³-hybridized carbons (Fsp3) is 0.250. The van der Waals surface area contributed by atoms with E-state index in [1.807, 2.05) is 37.0 Å². The summed E-state index contributed by atoms with van der Waals surface area (Å²) in [5.74, 6) is 0. The second-order valence-corrected chi connectivity index (χ2v) is 4.62. The van der Waals surface area contributed by atoms with Gasteiger partial charge in [-0.05, 0) is 19.1 Å². The van der Waals surface area contributed by atoms with E-state index in [2.05, 4.69) is 10.4 Å². The second-order valence-electron chi connectivity index (χ2n) is 3.83. The third-order valence-electron chi connectivity index (χ3n) is 2.76. The van der Waals surface area contributed by atoms with E-state index in [1.165, 1.54) is 0 Å². The number of aryl methyl sites for hydroxylation is 1. The fourth-order valence-electron chi connectivity index (χ4n) is 1.55. The first kappa shape index (κ1) is 12.3. The van der Waals surface area contributed by atoms with E-state index in [1.54, 1.807) is 6.07 Å². The third kappa shape index (κ3) is 2.56. The molecule has 3 nitrogen and oxygen atoms in total. The predicted octanol–water partition coefficient (Wildman–Crippen LogP) is 3.65. The Bertz CT molecular complexity index is 535. The third-order valence-corrected chi connectivity index (χ3v) is 3.58. The molecule has 0 radical (unpaired) electrons. The molecular formula is C12H13Cl2N3. The van der Waals surface area contributed by atoms with Crippen LogP contribution < -0.4 is 5.32 Å². The van der Waals surface area contributed by atoms with E-state index in [0.29, 0.717) is 16.6 Å². The largest absolute Gasteiger partial charge is 0.380 e. The van der Waals surface area contributed by atoms with Crippen molar-refractivity contribution in [2.45, 2.75) is 13.5 Å². The molecule has 1 heterocycles. The average Bonchev–Trinajstić information content (AvgIpc) is 2.62. The summed E-state index contributed by atoms with van der Waals surface area (Å²) in [4.78, 5) is 0. The summed E-state index contributed by atoms with van der Waals surface area (Å²) in [6.45, 7) is 2.71. The molecular weight excluding hydrogens is 257 g/mol. The van der Waals surface area contributed by atoms with Gasteiger partial charge in [0.25, 0.3) is 0 Å². The van der Waals surface area contributed by atoms with Crippen molar-refractivity contribution in [1.82, 2.24) is 9.78 Å². The van der Waals surface area contributed by atoms with Gasteiger partial charge >= 0.3 is 0 Å². The van der Waals surface area contributed by atoms with Crippen molar-refractivity contribution >= 4 is 28.9 Å². The van der Waals surface area contributed by atoms with Crippen LogP contribution in [-0.2, 0) is 13.6 Å². The first-order valence-electron chi connectivity index (χ1n) is 5.25. The molecule has 2 rings (SSSR count). The van der Waals surface area contributed by atoms with Crippen molar-refractivity contribution in [3.63, 3.8) is 0 Å². The summed E-state index contributed by atoms with van der Waals surface area (Å²) in [6.07, 6.45) is 1.85. The SMILES string of the molecule is Cc1c(CNc2cccc(Cl)c2Cl)cnn1C. The van der Waals surface area contributed by atoms with E-state index in [0.717, 1.165) is 16.9 Å². The lowest BCUT2D eigenvalue weighted by Crippen LogP contribution is -2.02. The van der Waals surface area contributed by atoms with Gasteiger partial charge in [-0.1, -0.05) is 29.3 Å². The molecule has 0 spiro atoms. The molecule has 1 N–H and O–H groups in total. The highest BCUT2D eigenvalue weighted by atomic mass is 35.5. The summed E-state index contributed by atoms with van der Waals surface area (Å²) in [7, 11) is 1.92. The van der Waals surface area contributed by atoms with Crippen molar-refractivity contribution < 1.29 is 0 Å². The number of anilines is 1. The maximum atomic E-state index is 6.09. The van der Waals surface area contributed by atoms with E-state index in [4.69, 9.17) is 23.2 Å². The topological polar surface area (TPSA) is 29.9 Å². The Labute approximate surface area is 110 Å². The Kier molecular flexibility index (Phi) is 3.60. The van der Waals surface area contributed by atoms with Gasteiger partial charge in [0.1, 0.15) is 0 Å². The molecule has 2 aromatic rings. The van der Waals surface area contributed by atoms with Gasteiger partial charge < -0.3 is 5.32 Å². The molecule has 1 aromatic heterocycles. The van der Waals surface area contributed by atoms with Crippen LogP contribution in [0.15, 0.2) is 24.4 Å². The van der Waals surface area contributed by atoms with Gasteiger partial charge in [-0.3, -0.25) is 4.68 Å². The molecule has 0 bridgehead atoms. The Morgan fingerprint density at radius 2 is 2.12 bits per heavy atom. The smallest absolute Gasteiger partial charge is 0.0823 e. The van der Waals surface area contributed by atoms with Crippen molar-refractivity contribution in [1.29, 1.82) is 0 Å². The van der Waals surface area contributed by atoms with E-state index in [9.17, 15) is 0 Å². The summed E-state index contributed by atoms with van der Waals surface area (Å²) in [5, 5.41) is 8.55. The Morgan fingerprint density at radius 3 is 2.76 bits per heavy atom. The Balaban J connectivity index is 2.13. The van der Waals surface area contributed by atoms with Crippen LogP contribution in [0.3, 0.4) is 0 Å². The Hall–Kier alpha value is -1.19. The van der Waals surface area contributed by atoms with Crippen LogP contribution in [0.1, 0.15) is 11.3 Å². The summed E-state index contributed by atoms with van der Waals surface area (Å²) >= 11 is 12.0. The van der Waals surface area contributed by atoms with Crippen LogP contribution in [0.4, 0.5) is 5.69 Å². The molecule has 0 unspecified atom stereocenters. The number of benzene rings is 1. The average molecular weight is 270 g/mol. The number of nitrogens with zero attached hydrogens (tertiary/aromatic N) is 2. The summed E-state index contributed by atoms with van der Waals surface area (Å²) < 4.78 is 1.84. The zero-order chi connectivity index (χ0) is 12.4. The second kappa shape index (κ2) is 4.98. The highest BCUT2D eigenvalue weighted by Crippen LogP contribution is 2.29. The molecule has 0 fully saturated rings. The Morgan fingerprint density at radius 1 is 1.35 bits per heavy atom. The fourth-order valence-corrected chi connectivity index (χ4v) is 1.92. The molecule has 5 heteroatoms. The first-order chi connectivity index (χ1) is 8.09. The van der Waals surface area contributed by atoms with Gasteiger partial charge in [0, 0.05) is 24.8 Å².